The molecule has 0 radical (unpaired) electrons. The maximum Gasteiger partial charge on any atom is 0.225 e. The van der Waals surface area contributed by atoms with Gasteiger partial charge in [0.25, 0.3) is 0 Å². The third-order valence-corrected chi connectivity index (χ3v) is 7.11. The molecule has 0 spiro atoms. The Labute approximate surface area is 208 Å². The zero-order chi connectivity index (χ0) is 24.0. The number of ether oxygens (including phenoxy) is 1. The van der Waals surface area contributed by atoms with Crippen molar-refractivity contribution < 1.29 is 9.53 Å². The van der Waals surface area contributed by atoms with Gasteiger partial charge in [-0.1, -0.05) is 30.3 Å². The number of nitrogens with zero attached hydrogens (tertiary/aromatic N) is 4. The number of carbonyl (C=O) groups excluding carboxylic acids is 1. The molecule has 1 fully saturated rings. The summed E-state index contributed by atoms with van der Waals surface area (Å²) in [5.41, 5.74) is 3.79. The van der Waals surface area contributed by atoms with Gasteiger partial charge in [-0.05, 0) is 49.2 Å². The minimum absolute atomic E-state index is 0.0579. The van der Waals surface area contributed by atoms with E-state index in [2.05, 4.69) is 25.4 Å². The van der Waals surface area contributed by atoms with Crippen LogP contribution in [-0.4, -0.2) is 41.3 Å². The average molecular weight is 486 g/mol. The number of benzene rings is 2. The molecule has 1 N–H and O–H groups in total. The van der Waals surface area contributed by atoms with Gasteiger partial charge in [-0.15, -0.1) is 21.5 Å². The van der Waals surface area contributed by atoms with Crippen molar-refractivity contribution in [3.8, 4) is 27.6 Å². The first-order chi connectivity index (χ1) is 17.2. The molecule has 0 aliphatic carbocycles. The highest BCUT2D eigenvalue weighted by molar-refractivity contribution is 7.13. The van der Waals surface area contributed by atoms with Crippen LogP contribution in [0.3, 0.4) is 0 Å². The van der Waals surface area contributed by atoms with Crippen molar-refractivity contribution in [2.24, 2.45) is 5.92 Å². The van der Waals surface area contributed by atoms with Crippen LogP contribution in [0.15, 0.2) is 72.1 Å². The Balaban J connectivity index is 1.16. The van der Waals surface area contributed by atoms with Gasteiger partial charge in [0, 0.05) is 29.6 Å². The van der Waals surface area contributed by atoms with Crippen LogP contribution in [0.5, 0.6) is 5.75 Å². The topological polar surface area (TPSA) is 80.2 Å². The molecule has 1 saturated heterocycles. The van der Waals surface area contributed by atoms with Crippen LogP contribution < -0.4 is 15.0 Å². The lowest BCUT2D eigenvalue weighted by Crippen LogP contribution is -2.43. The SMILES string of the molecule is COc1ccc(-c2nc(CNC(=O)C3CCCN(c4ccc(-c5ccccc5)nn4)C3)cs2)cc1. The van der Waals surface area contributed by atoms with Crippen LogP contribution in [0.2, 0.25) is 0 Å². The molecule has 35 heavy (non-hydrogen) atoms. The number of hydrogen-bond donors (Lipinski definition) is 1. The number of aromatic nitrogens is 3. The molecule has 3 heterocycles. The van der Waals surface area contributed by atoms with E-state index in [1.54, 1.807) is 18.4 Å². The first-order valence-electron chi connectivity index (χ1n) is 11.7. The van der Waals surface area contributed by atoms with Gasteiger partial charge in [-0.25, -0.2) is 4.98 Å². The van der Waals surface area contributed by atoms with Crippen LogP contribution in [0.25, 0.3) is 21.8 Å². The number of thiazole rings is 1. The van der Waals surface area contributed by atoms with Gasteiger partial charge in [-0.3, -0.25) is 4.79 Å². The van der Waals surface area contributed by atoms with E-state index in [0.717, 1.165) is 58.5 Å². The zero-order valence-corrected chi connectivity index (χ0v) is 20.4. The third kappa shape index (κ3) is 5.49. The second kappa shape index (κ2) is 10.7. The van der Waals surface area contributed by atoms with E-state index in [9.17, 15) is 4.79 Å². The molecule has 7 nitrogen and oxygen atoms in total. The molecule has 1 amide bonds. The molecule has 1 aliphatic rings. The van der Waals surface area contributed by atoms with E-state index in [1.165, 1.54) is 0 Å². The summed E-state index contributed by atoms with van der Waals surface area (Å²) in [6.07, 6.45) is 1.81. The Morgan fingerprint density at radius 2 is 1.89 bits per heavy atom. The molecular formula is C27H27N5O2S. The standard InChI is InChI=1S/C27H27N5O2S/c1-34-23-11-9-20(10-12-23)27-29-22(18-35-27)16-28-26(33)21-8-5-15-32(17-21)25-14-13-24(30-31-25)19-6-3-2-4-7-19/h2-4,6-7,9-14,18,21H,5,8,15-17H2,1H3,(H,28,33). The van der Waals surface area contributed by atoms with Crippen LogP contribution in [0, 0.1) is 5.92 Å². The number of methoxy groups -OCH3 is 1. The minimum Gasteiger partial charge on any atom is -0.497 e. The van der Waals surface area contributed by atoms with Gasteiger partial charge in [0.05, 0.1) is 31.0 Å². The van der Waals surface area contributed by atoms with E-state index < -0.39 is 0 Å². The largest absolute Gasteiger partial charge is 0.497 e. The van der Waals surface area contributed by atoms with Gasteiger partial charge >= 0.3 is 0 Å². The first-order valence-corrected chi connectivity index (χ1v) is 12.6. The number of anilines is 1. The van der Waals surface area contributed by atoms with Gasteiger partial charge in [0.2, 0.25) is 5.91 Å². The minimum atomic E-state index is -0.0842. The second-order valence-corrected chi connectivity index (χ2v) is 9.38. The average Bonchev–Trinajstić information content (AvgIpc) is 3.41. The Bertz CT molecular complexity index is 1260. The van der Waals surface area contributed by atoms with E-state index in [-0.39, 0.29) is 11.8 Å². The van der Waals surface area contributed by atoms with E-state index >= 15 is 0 Å². The summed E-state index contributed by atoms with van der Waals surface area (Å²) in [6.45, 7) is 1.94. The van der Waals surface area contributed by atoms with Crippen LogP contribution in [0.1, 0.15) is 18.5 Å². The lowest BCUT2D eigenvalue weighted by molar-refractivity contribution is -0.125. The van der Waals surface area contributed by atoms with Gasteiger partial charge in [-0.2, -0.15) is 0 Å². The zero-order valence-electron chi connectivity index (χ0n) is 19.6. The van der Waals surface area contributed by atoms with E-state index in [0.29, 0.717) is 13.1 Å². The van der Waals surface area contributed by atoms with Gasteiger partial charge in [0.1, 0.15) is 10.8 Å². The Morgan fingerprint density at radius 1 is 1.06 bits per heavy atom. The predicted octanol–water partition coefficient (Wildman–Crippen LogP) is 4.81. The fourth-order valence-electron chi connectivity index (χ4n) is 4.23. The molecule has 0 bridgehead atoms. The van der Waals surface area contributed by atoms with E-state index in [4.69, 9.17) is 4.74 Å². The maximum absolute atomic E-state index is 12.9. The normalized spacial score (nSPS) is 15.6. The third-order valence-electron chi connectivity index (χ3n) is 6.17. The number of nitrogens with one attached hydrogen (secondary N) is 1. The summed E-state index contributed by atoms with van der Waals surface area (Å²) in [4.78, 5) is 19.8. The molecular weight excluding hydrogens is 458 g/mol. The number of carbonyl (C=O) groups is 1. The molecule has 4 aromatic rings. The smallest absolute Gasteiger partial charge is 0.225 e. The molecule has 5 rings (SSSR count). The molecule has 2 aromatic carbocycles. The van der Waals surface area contributed by atoms with E-state index in [1.807, 2.05) is 72.1 Å². The van der Waals surface area contributed by atoms with Crippen LogP contribution in [-0.2, 0) is 11.3 Å². The summed E-state index contributed by atoms with van der Waals surface area (Å²) in [7, 11) is 1.65. The van der Waals surface area contributed by atoms with Crippen molar-refractivity contribution in [1.82, 2.24) is 20.5 Å². The highest BCUT2D eigenvalue weighted by atomic mass is 32.1. The quantitative estimate of drug-likeness (QED) is 0.405. The number of rotatable bonds is 7. The van der Waals surface area contributed by atoms with Crippen molar-refractivity contribution in [2.45, 2.75) is 19.4 Å². The fourth-order valence-corrected chi connectivity index (χ4v) is 5.06. The number of piperidine rings is 1. The van der Waals surface area contributed by atoms with Gasteiger partial charge < -0.3 is 15.0 Å². The summed E-state index contributed by atoms with van der Waals surface area (Å²) in [6, 6.07) is 21.8. The van der Waals surface area contributed by atoms with Crippen molar-refractivity contribution in [1.29, 1.82) is 0 Å². The lowest BCUT2D eigenvalue weighted by atomic mass is 9.97. The summed E-state index contributed by atoms with van der Waals surface area (Å²) in [5.74, 6) is 1.60. The Morgan fingerprint density at radius 3 is 2.63 bits per heavy atom. The summed E-state index contributed by atoms with van der Waals surface area (Å²) in [5, 5.41) is 14.8. The lowest BCUT2D eigenvalue weighted by Gasteiger charge is -2.32. The van der Waals surface area contributed by atoms with Crippen molar-refractivity contribution in [2.75, 3.05) is 25.1 Å². The second-order valence-electron chi connectivity index (χ2n) is 8.52. The first kappa shape index (κ1) is 23.0. The van der Waals surface area contributed by atoms with Crippen molar-refractivity contribution in [3.63, 3.8) is 0 Å². The molecule has 178 valence electrons. The van der Waals surface area contributed by atoms with Crippen LogP contribution in [0.4, 0.5) is 5.82 Å². The highest BCUT2D eigenvalue weighted by Gasteiger charge is 2.26. The molecule has 1 atom stereocenters. The number of hydrogen-bond acceptors (Lipinski definition) is 7. The fraction of sp³-hybridized carbons (Fsp3) is 0.259. The highest BCUT2D eigenvalue weighted by Crippen LogP contribution is 2.26. The monoisotopic (exact) mass is 485 g/mol. The van der Waals surface area contributed by atoms with Crippen molar-refractivity contribution in [3.05, 3.63) is 77.8 Å². The molecule has 8 heteroatoms. The molecule has 1 aliphatic heterocycles. The molecule has 1 unspecified atom stereocenters. The number of amides is 1. The molecule has 2 aromatic heterocycles. The molecule has 0 saturated carbocycles. The predicted molar refractivity (Wildman–Crippen MR) is 138 cm³/mol. The van der Waals surface area contributed by atoms with Gasteiger partial charge in [0.15, 0.2) is 5.82 Å². The summed E-state index contributed by atoms with van der Waals surface area (Å²) >= 11 is 1.57. The Hall–Kier alpha value is -3.78. The Kier molecular flexibility index (Phi) is 6.99. The van der Waals surface area contributed by atoms with Crippen LogP contribution >= 0.6 is 11.3 Å². The maximum atomic E-state index is 12.9. The van der Waals surface area contributed by atoms with Crippen molar-refractivity contribution >= 4 is 23.1 Å². The summed E-state index contributed by atoms with van der Waals surface area (Å²) < 4.78 is 5.22.